The first-order valence-electron chi connectivity index (χ1n) is 4.28. The number of nitrogens with zero attached hydrogens (tertiary/aromatic N) is 1. The van der Waals surface area contributed by atoms with Gasteiger partial charge in [0, 0.05) is 12.1 Å². The minimum Gasteiger partial charge on any atom is -0.207 e. The van der Waals surface area contributed by atoms with E-state index in [1.807, 2.05) is 42.1 Å². The fraction of sp³-hybridized carbons (Fsp3) is 0.0833. The Bertz CT molecular complexity index is 393. The van der Waals surface area contributed by atoms with Crippen LogP contribution in [0, 0.1) is 6.07 Å². The number of benzene rings is 1. The molecule has 13 heavy (non-hydrogen) atoms. The standard InChI is InChI=1S/C12H11N/c1-13-9-5-8-12(10-13)11-6-3-2-4-7-11/h2-7,9-10H,1H3/q+1. The fourth-order valence-corrected chi connectivity index (χ4v) is 1.30. The van der Waals surface area contributed by atoms with Crippen molar-refractivity contribution in [3.05, 3.63) is 54.9 Å². The van der Waals surface area contributed by atoms with Crippen LogP contribution in [0.5, 0.6) is 0 Å². The Morgan fingerprint density at radius 3 is 2.62 bits per heavy atom. The smallest absolute Gasteiger partial charge is 0.177 e. The molecule has 1 nitrogen and oxygen atoms in total. The summed E-state index contributed by atoms with van der Waals surface area (Å²) in [6, 6.07) is 15.4. The van der Waals surface area contributed by atoms with E-state index < -0.39 is 0 Å². The van der Waals surface area contributed by atoms with Gasteiger partial charge in [-0.1, -0.05) is 30.3 Å². The summed E-state index contributed by atoms with van der Waals surface area (Å²) >= 11 is 0. The molecule has 2 rings (SSSR count). The van der Waals surface area contributed by atoms with E-state index in [2.05, 4.69) is 24.4 Å². The predicted octanol–water partition coefficient (Wildman–Crippen LogP) is 1.98. The molecule has 0 unspecified atom stereocenters. The van der Waals surface area contributed by atoms with Crippen LogP contribution in [0.4, 0.5) is 0 Å². The van der Waals surface area contributed by atoms with Crippen LogP contribution >= 0.6 is 0 Å². The first-order valence-corrected chi connectivity index (χ1v) is 4.28. The van der Waals surface area contributed by atoms with Gasteiger partial charge in [-0.2, -0.15) is 0 Å². The van der Waals surface area contributed by atoms with Crippen molar-refractivity contribution in [2.24, 2.45) is 7.05 Å². The molecular formula is C12H11N+. The summed E-state index contributed by atoms with van der Waals surface area (Å²) in [6.07, 6.45) is 4.04. The summed E-state index contributed by atoms with van der Waals surface area (Å²) < 4.78 is 2.03. The fourth-order valence-electron chi connectivity index (χ4n) is 1.30. The van der Waals surface area contributed by atoms with Crippen molar-refractivity contribution in [3.8, 4) is 11.1 Å². The molecule has 0 amide bonds. The SMILES string of the molecule is C[n+]1cc[c]c(-c2ccccc2)c1. The van der Waals surface area contributed by atoms with Crippen LogP contribution in [-0.4, -0.2) is 0 Å². The van der Waals surface area contributed by atoms with Gasteiger partial charge in [0.15, 0.2) is 12.4 Å². The number of pyridine rings is 1. The summed E-state index contributed by atoms with van der Waals surface area (Å²) in [5.74, 6) is 0. The van der Waals surface area contributed by atoms with Gasteiger partial charge in [0.2, 0.25) is 0 Å². The Labute approximate surface area is 78.3 Å². The molecule has 2 aromatic rings. The van der Waals surface area contributed by atoms with Crippen LogP contribution in [0.2, 0.25) is 0 Å². The first kappa shape index (κ1) is 7.99. The second kappa shape index (κ2) is 3.40. The summed E-state index contributed by atoms with van der Waals surface area (Å²) in [7, 11) is 2.01. The number of aromatic nitrogens is 1. The van der Waals surface area contributed by atoms with Gasteiger partial charge in [0.1, 0.15) is 7.05 Å². The molecule has 1 aromatic heterocycles. The largest absolute Gasteiger partial charge is 0.207 e. The van der Waals surface area contributed by atoms with E-state index in [0.29, 0.717) is 0 Å². The van der Waals surface area contributed by atoms with Crippen molar-refractivity contribution >= 4 is 0 Å². The van der Waals surface area contributed by atoms with Crippen molar-refractivity contribution < 1.29 is 4.57 Å². The quantitative estimate of drug-likeness (QED) is 0.575. The van der Waals surface area contributed by atoms with E-state index in [1.54, 1.807) is 0 Å². The molecular weight excluding hydrogens is 158 g/mol. The summed E-state index contributed by atoms with van der Waals surface area (Å²) in [5, 5.41) is 0. The molecule has 0 aliphatic carbocycles. The topological polar surface area (TPSA) is 3.88 Å². The number of rotatable bonds is 1. The Morgan fingerprint density at radius 1 is 1.15 bits per heavy atom. The maximum Gasteiger partial charge on any atom is 0.177 e. The van der Waals surface area contributed by atoms with Crippen LogP contribution < -0.4 is 4.57 Å². The van der Waals surface area contributed by atoms with E-state index in [4.69, 9.17) is 0 Å². The van der Waals surface area contributed by atoms with Crippen LogP contribution in [0.15, 0.2) is 48.8 Å². The maximum atomic E-state index is 3.20. The Hall–Kier alpha value is -1.63. The predicted molar refractivity (Wildman–Crippen MR) is 51.9 cm³/mol. The molecule has 1 heteroatoms. The highest BCUT2D eigenvalue weighted by Crippen LogP contribution is 2.14. The third kappa shape index (κ3) is 1.75. The molecule has 0 spiro atoms. The zero-order chi connectivity index (χ0) is 9.10. The molecule has 0 N–H and O–H groups in total. The zero-order valence-corrected chi connectivity index (χ0v) is 7.57. The highest BCUT2D eigenvalue weighted by atomic mass is 14.9. The first-order chi connectivity index (χ1) is 6.36. The minimum absolute atomic E-state index is 1.13. The van der Waals surface area contributed by atoms with E-state index >= 15 is 0 Å². The minimum atomic E-state index is 1.13. The Kier molecular flexibility index (Phi) is 2.09. The molecule has 0 aliphatic heterocycles. The van der Waals surface area contributed by atoms with Crippen LogP contribution in [-0.2, 0) is 7.05 Å². The molecule has 1 aromatic carbocycles. The molecule has 0 aliphatic rings. The van der Waals surface area contributed by atoms with Crippen LogP contribution in [0.1, 0.15) is 0 Å². The van der Waals surface area contributed by atoms with Gasteiger partial charge in [-0.05, 0) is 5.56 Å². The molecule has 0 fully saturated rings. The van der Waals surface area contributed by atoms with Gasteiger partial charge in [-0.15, -0.1) is 0 Å². The van der Waals surface area contributed by atoms with Crippen molar-refractivity contribution in [2.75, 3.05) is 0 Å². The van der Waals surface area contributed by atoms with E-state index in [-0.39, 0.29) is 0 Å². The van der Waals surface area contributed by atoms with Crippen LogP contribution in [0.25, 0.3) is 11.1 Å². The molecule has 0 atom stereocenters. The summed E-state index contributed by atoms with van der Waals surface area (Å²) in [5.41, 5.74) is 2.34. The summed E-state index contributed by atoms with van der Waals surface area (Å²) in [4.78, 5) is 0. The Balaban J connectivity index is 2.48. The van der Waals surface area contributed by atoms with Gasteiger partial charge < -0.3 is 0 Å². The van der Waals surface area contributed by atoms with Crippen molar-refractivity contribution in [3.63, 3.8) is 0 Å². The lowest BCUT2D eigenvalue weighted by Crippen LogP contribution is -2.26. The van der Waals surface area contributed by atoms with Crippen molar-refractivity contribution in [1.29, 1.82) is 0 Å². The lowest BCUT2D eigenvalue weighted by molar-refractivity contribution is -0.671. The maximum absolute atomic E-state index is 3.20. The second-order valence-corrected chi connectivity index (χ2v) is 3.03. The number of aryl methyl sites for hydroxylation is 1. The van der Waals surface area contributed by atoms with Crippen molar-refractivity contribution in [1.82, 2.24) is 0 Å². The molecule has 63 valence electrons. The molecule has 0 saturated heterocycles. The summed E-state index contributed by atoms with van der Waals surface area (Å²) in [6.45, 7) is 0. The van der Waals surface area contributed by atoms with Gasteiger partial charge in [-0.25, -0.2) is 4.57 Å². The third-order valence-corrected chi connectivity index (χ3v) is 1.97. The van der Waals surface area contributed by atoms with Crippen molar-refractivity contribution in [2.45, 2.75) is 0 Å². The monoisotopic (exact) mass is 169 g/mol. The molecule has 1 heterocycles. The van der Waals surface area contributed by atoms with Gasteiger partial charge in [0.05, 0.1) is 5.56 Å². The van der Waals surface area contributed by atoms with E-state index in [1.165, 1.54) is 5.56 Å². The number of hydrogen-bond donors (Lipinski definition) is 0. The molecule has 0 bridgehead atoms. The van der Waals surface area contributed by atoms with Gasteiger partial charge >= 0.3 is 0 Å². The molecule has 1 radical (unpaired) electrons. The van der Waals surface area contributed by atoms with Crippen LogP contribution in [0.3, 0.4) is 0 Å². The highest BCUT2D eigenvalue weighted by Gasteiger charge is 1.99. The molecule has 0 saturated carbocycles. The third-order valence-electron chi connectivity index (χ3n) is 1.97. The number of hydrogen-bond acceptors (Lipinski definition) is 0. The van der Waals surface area contributed by atoms with Gasteiger partial charge in [-0.3, -0.25) is 0 Å². The lowest BCUT2D eigenvalue weighted by atomic mass is 10.1. The van der Waals surface area contributed by atoms with E-state index in [0.717, 1.165) is 5.56 Å². The zero-order valence-electron chi connectivity index (χ0n) is 7.57. The van der Waals surface area contributed by atoms with E-state index in [9.17, 15) is 0 Å². The Morgan fingerprint density at radius 2 is 1.92 bits per heavy atom. The highest BCUT2D eigenvalue weighted by molar-refractivity contribution is 5.60. The lowest BCUT2D eigenvalue weighted by Gasteiger charge is -1.97. The average molecular weight is 169 g/mol. The average Bonchev–Trinajstić information content (AvgIpc) is 2.19. The normalized spacial score (nSPS) is 9.92. The second-order valence-electron chi connectivity index (χ2n) is 3.03. The van der Waals surface area contributed by atoms with Gasteiger partial charge in [0.25, 0.3) is 0 Å².